The smallest absolute Gasteiger partial charge is 0.266 e. The van der Waals surface area contributed by atoms with Gasteiger partial charge in [0.1, 0.15) is 11.6 Å². The number of aromatic nitrogens is 2. The molecular weight excluding hydrogens is 380 g/mol. The summed E-state index contributed by atoms with van der Waals surface area (Å²) in [5, 5.41) is 14.4. The highest BCUT2D eigenvalue weighted by atomic mass is 32.1. The number of hydrogen-bond donors (Lipinski definition) is 2. The molecule has 138 valence electrons. The highest BCUT2D eigenvalue weighted by molar-refractivity contribution is 7.17. The molecule has 6 nitrogen and oxygen atoms in total. The van der Waals surface area contributed by atoms with E-state index in [-0.39, 0.29) is 23.5 Å². The molecule has 0 bridgehead atoms. The van der Waals surface area contributed by atoms with Gasteiger partial charge in [-0.05, 0) is 50.5 Å². The number of thiophene rings is 1. The van der Waals surface area contributed by atoms with E-state index in [0.717, 1.165) is 16.1 Å². The van der Waals surface area contributed by atoms with Crippen LogP contribution in [0.5, 0.6) is 0 Å². The Balaban J connectivity index is 1.67. The second-order valence-electron chi connectivity index (χ2n) is 6.17. The van der Waals surface area contributed by atoms with Crippen LogP contribution in [0.4, 0.5) is 5.13 Å². The number of hydrogen-bond acceptors (Lipinski definition) is 6. The van der Waals surface area contributed by atoms with Gasteiger partial charge in [0, 0.05) is 22.4 Å². The summed E-state index contributed by atoms with van der Waals surface area (Å²) in [6.45, 7) is 5.56. The fourth-order valence-corrected chi connectivity index (χ4v) is 4.49. The van der Waals surface area contributed by atoms with E-state index in [9.17, 15) is 9.59 Å². The molecule has 0 aliphatic heterocycles. The zero-order chi connectivity index (χ0) is 19.6. The topological polar surface area (TPSA) is 98.6 Å². The van der Waals surface area contributed by atoms with Crippen molar-refractivity contribution in [3.8, 4) is 16.6 Å². The van der Waals surface area contributed by atoms with E-state index in [1.807, 2.05) is 30.5 Å². The first kappa shape index (κ1) is 19.0. The normalized spacial score (nSPS) is 10.6. The Morgan fingerprint density at radius 3 is 2.78 bits per heavy atom. The van der Waals surface area contributed by atoms with Crippen LogP contribution in [0.25, 0.3) is 10.6 Å². The fraction of sp³-hybridized carbons (Fsp3) is 0.263. The molecule has 3 heterocycles. The van der Waals surface area contributed by atoms with Gasteiger partial charge in [-0.2, -0.15) is 5.26 Å². The number of carbonyl (C=O) groups is 1. The van der Waals surface area contributed by atoms with Gasteiger partial charge in [0.05, 0.1) is 10.6 Å². The number of aromatic amines is 1. The highest BCUT2D eigenvalue weighted by Crippen LogP contribution is 2.30. The number of anilines is 1. The van der Waals surface area contributed by atoms with E-state index in [0.29, 0.717) is 22.8 Å². The Bertz CT molecular complexity index is 1100. The number of rotatable bonds is 5. The van der Waals surface area contributed by atoms with Crippen LogP contribution in [0.2, 0.25) is 0 Å². The lowest BCUT2D eigenvalue weighted by atomic mass is 9.99. The second kappa shape index (κ2) is 7.86. The minimum Gasteiger partial charge on any atom is -0.325 e. The van der Waals surface area contributed by atoms with Crippen LogP contribution in [0.1, 0.15) is 33.7 Å². The molecule has 0 unspecified atom stereocenters. The van der Waals surface area contributed by atoms with Gasteiger partial charge in [-0.25, -0.2) is 4.98 Å². The number of H-pyrrole nitrogens is 1. The lowest BCUT2D eigenvalue weighted by Gasteiger charge is -2.10. The molecule has 0 aliphatic rings. The third-order valence-electron chi connectivity index (χ3n) is 4.27. The quantitative estimate of drug-likeness (QED) is 0.680. The van der Waals surface area contributed by atoms with E-state index >= 15 is 0 Å². The summed E-state index contributed by atoms with van der Waals surface area (Å²) in [5.41, 5.74) is 2.73. The van der Waals surface area contributed by atoms with Gasteiger partial charge in [0.25, 0.3) is 5.56 Å². The summed E-state index contributed by atoms with van der Waals surface area (Å²) < 4.78 is 0. The number of pyridine rings is 1. The second-order valence-corrected chi connectivity index (χ2v) is 8.31. The Hall–Kier alpha value is -2.76. The van der Waals surface area contributed by atoms with Crippen molar-refractivity contribution in [3.63, 3.8) is 0 Å². The standard InChI is InChI=1S/C19H18N4O2S2/c1-10-4-6-16(27-10)15-9-26-19(22-15)23-17(24)7-5-13-11(2)14(8-20)18(25)21-12(13)3/h4,6,9H,5,7H2,1-3H3,(H,21,25)(H,22,23,24). The Labute approximate surface area is 164 Å². The molecule has 0 aromatic carbocycles. The SMILES string of the molecule is Cc1ccc(-c2csc(NC(=O)CCc3c(C)[nH]c(=O)c(C#N)c3C)n2)s1. The number of aryl methyl sites for hydroxylation is 2. The Morgan fingerprint density at radius 2 is 2.11 bits per heavy atom. The average molecular weight is 399 g/mol. The molecule has 0 saturated carbocycles. The first-order chi connectivity index (χ1) is 12.9. The van der Waals surface area contributed by atoms with Crippen molar-refractivity contribution < 1.29 is 4.79 Å². The predicted octanol–water partition coefficient (Wildman–Crippen LogP) is 3.93. The molecule has 8 heteroatoms. The largest absolute Gasteiger partial charge is 0.325 e. The molecule has 27 heavy (non-hydrogen) atoms. The van der Waals surface area contributed by atoms with Crippen molar-refractivity contribution in [2.45, 2.75) is 33.6 Å². The number of nitrogens with one attached hydrogen (secondary N) is 2. The third-order valence-corrected chi connectivity index (χ3v) is 6.05. The Morgan fingerprint density at radius 1 is 1.33 bits per heavy atom. The van der Waals surface area contributed by atoms with Crippen molar-refractivity contribution in [3.05, 3.63) is 55.1 Å². The molecule has 0 saturated heterocycles. The van der Waals surface area contributed by atoms with Crippen molar-refractivity contribution >= 4 is 33.7 Å². The molecule has 0 aliphatic carbocycles. The van der Waals surface area contributed by atoms with E-state index < -0.39 is 0 Å². The fourth-order valence-electron chi connectivity index (χ4n) is 2.86. The monoisotopic (exact) mass is 398 g/mol. The first-order valence-corrected chi connectivity index (χ1v) is 10.0. The minimum atomic E-state index is -0.389. The van der Waals surface area contributed by atoms with Crippen LogP contribution in [0.3, 0.4) is 0 Å². The number of amides is 1. The van der Waals surface area contributed by atoms with Crippen molar-refractivity contribution in [2.75, 3.05) is 5.32 Å². The number of thiazole rings is 1. The molecule has 0 spiro atoms. The van der Waals surface area contributed by atoms with E-state index in [1.165, 1.54) is 16.2 Å². The zero-order valence-electron chi connectivity index (χ0n) is 15.2. The lowest BCUT2D eigenvalue weighted by molar-refractivity contribution is -0.116. The van der Waals surface area contributed by atoms with Gasteiger partial charge in [0.2, 0.25) is 5.91 Å². The first-order valence-electron chi connectivity index (χ1n) is 8.33. The third kappa shape index (κ3) is 4.15. The van der Waals surface area contributed by atoms with Crippen LogP contribution in [0.15, 0.2) is 22.3 Å². The Kier molecular flexibility index (Phi) is 5.54. The molecule has 3 aromatic rings. The highest BCUT2D eigenvalue weighted by Gasteiger charge is 2.14. The van der Waals surface area contributed by atoms with Crippen molar-refractivity contribution in [1.82, 2.24) is 9.97 Å². The summed E-state index contributed by atoms with van der Waals surface area (Å²) in [5.74, 6) is -0.151. The van der Waals surface area contributed by atoms with Gasteiger partial charge in [-0.3, -0.25) is 9.59 Å². The summed E-state index contributed by atoms with van der Waals surface area (Å²) in [6, 6.07) is 5.99. The molecule has 3 aromatic heterocycles. The van der Waals surface area contributed by atoms with Crippen molar-refractivity contribution in [1.29, 1.82) is 5.26 Å². The maximum Gasteiger partial charge on any atom is 0.266 e. The van der Waals surface area contributed by atoms with E-state index in [4.69, 9.17) is 5.26 Å². The van der Waals surface area contributed by atoms with E-state index in [1.54, 1.807) is 25.2 Å². The minimum absolute atomic E-state index is 0.104. The summed E-state index contributed by atoms with van der Waals surface area (Å²) in [7, 11) is 0. The molecule has 0 fully saturated rings. The molecular formula is C19H18N4O2S2. The molecule has 0 atom stereocenters. The van der Waals surface area contributed by atoms with Crippen LogP contribution in [-0.4, -0.2) is 15.9 Å². The van der Waals surface area contributed by atoms with Crippen LogP contribution < -0.4 is 10.9 Å². The van der Waals surface area contributed by atoms with Crippen LogP contribution in [-0.2, 0) is 11.2 Å². The summed E-state index contributed by atoms with van der Waals surface area (Å²) >= 11 is 3.06. The average Bonchev–Trinajstić information content (AvgIpc) is 3.23. The maximum absolute atomic E-state index is 12.3. The van der Waals surface area contributed by atoms with Gasteiger partial charge in [-0.15, -0.1) is 22.7 Å². The van der Waals surface area contributed by atoms with Gasteiger partial charge in [-0.1, -0.05) is 0 Å². The molecule has 2 N–H and O–H groups in total. The van der Waals surface area contributed by atoms with E-state index in [2.05, 4.69) is 15.3 Å². The van der Waals surface area contributed by atoms with Gasteiger partial charge in [0.15, 0.2) is 5.13 Å². The molecule has 3 rings (SSSR count). The van der Waals surface area contributed by atoms with Crippen LogP contribution in [0, 0.1) is 32.1 Å². The molecule has 1 amide bonds. The molecule has 0 radical (unpaired) electrons. The summed E-state index contributed by atoms with van der Waals surface area (Å²) in [4.78, 5) is 33.5. The summed E-state index contributed by atoms with van der Waals surface area (Å²) in [6.07, 6.45) is 0.683. The number of carbonyl (C=O) groups excluding carboxylic acids is 1. The number of nitrogens with zero attached hydrogens (tertiary/aromatic N) is 2. The maximum atomic E-state index is 12.3. The zero-order valence-corrected chi connectivity index (χ0v) is 16.8. The van der Waals surface area contributed by atoms with Gasteiger partial charge < -0.3 is 10.3 Å². The van der Waals surface area contributed by atoms with Crippen LogP contribution >= 0.6 is 22.7 Å². The van der Waals surface area contributed by atoms with Gasteiger partial charge >= 0.3 is 0 Å². The predicted molar refractivity (Wildman–Crippen MR) is 108 cm³/mol. The van der Waals surface area contributed by atoms with Crippen molar-refractivity contribution in [2.24, 2.45) is 0 Å². The number of nitriles is 1. The lowest BCUT2D eigenvalue weighted by Crippen LogP contribution is -2.18.